The van der Waals surface area contributed by atoms with E-state index < -0.39 is 0 Å². The van der Waals surface area contributed by atoms with Gasteiger partial charge in [0.1, 0.15) is 5.75 Å². The average Bonchev–Trinajstić information content (AvgIpc) is 3.45. The van der Waals surface area contributed by atoms with Crippen LogP contribution in [0.5, 0.6) is 5.75 Å². The quantitative estimate of drug-likeness (QED) is 0.676. The molecule has 1 aromatic carbocycles. The number of piperidine rings is 1. The summed E-state index contributed by atoms with van der Waals surface area (Å²) >= 11 is 0. The van der Waals surface area contributed by atoms with Crippen LogP contribution >= 0.6 is 0 Å². The predicted octanol–water partition coefficient (Wildman–Crippen LogP) is 5.26. The molecule has 0 radical (unpaired) electrons. The van der Waals surface area contributed by atoms with Gasteiger partial charge in [-0.2, -0.15) is 0 Å². The smallest absolute Gasteiger partial charge is 0.119 e. The summed E-state index contributed by atoms with van der Waals surface area (Å²) in [5.74, 6) is 2.74. The van der Waals surface area contributed by atoms with Crippen LogP contribution in [0.15, 0.2) is 24.3 Å². The Morgan fingerprint density at radius 1 is 1.17 bits per heavy atom. The van der Waals surface area contributed by atoms with Crippen molar-refractivity contribution in [2.75, 3.05) is 20.2 Å². The van der Waals surface area contributed by atoms with Gasteiger partial charge in [-0.25, -0.2) is 0 Å². The molecule has 2 nitrogen and oxygen atoms in total. The highest BCUT2D eigenvalue weighted by atomic mass is 16.5. The molecule has 1 saturated heterocycles. The average molecular weight is 330 g/mol. The fourth-order valence-corrected chi connectivity index (χ4v) is 5.02. The zero-order valence-electron chi connectivity index (χ0n) is 16.1. The largest absolute Gasteiger partial charge is 0.497 e. The van der Waals surface area contributed by atoms with Gasteiger partial charge in [-0.05, 0) is 61.6 Å². The lowest BCUT2D eigenvalue weighted by atomic mass is 9.61. The van der Waals surface area contributed by atoms with Gasteiger partial charge in [-0.1, -0.05) is 39.3 Å². The van der Waals surface area contributed by atoms with E-state index in [2.05, 4.69) is 49.9 Å². The van der Waals surface area contributed by atoms with Crippen molar-refractivity contribution in [1.29, 1.82) is 0 Å². The SMILES string of the molecule is CCC1CC(CC)(c2cccc(OC)c2)C(CC)CN1CC1CC1. The molecule has 1 aromatic rings. The molecule has 0 amide bonds. The topological polar surface area (TPSA) is 12.5 Å². The van der Waals surface area contributed by atoms with E-state index in [0.29, 0.717) is 5.41 Å². The summed E-state index contributed by atoms with van der Waals surface area (Å²) in [6, 6.07) is 9.64. The molecule has 1 heterocycles. The van der Waals surface area contributed by atoms with E-state index >= 15 is 0 Å². The number of ether oxygens (including phenoxy) is 1. The number of likely N-dealkylation sites (tertiary alicyclic amines) is 1. The fraction of sp³-hybridized carbons (Fsp3) is 0.727. The summed E-state index contributed by atoms with van der Waals surface area (Å²) in [4.78, 5) is 2.83. The third-order valence-corrected chi connectivity index (χ3v) is 6.78. The van der Waals surface area contributed by atoms with Crippen molar-refractivity contribution in [3.63, 3.8) is 0 Å². The number of nitrogens with zero attached hydrogens (tertiary/aromatic N) is 1. The molecule has 2 fully saturated rings. The van der Waals surface area contributed by atoms with Gasteiger partial charge in [-0.3, -0.25) is 4.90 Å². The molecule has 0 spiro atoms. The van der Waals surface area contributed by atoms with Gasteiger partial charge in [0.05, 0.1) is 7.11 Å². The van der Waals surface area contributed by atoms with Crippen LogP contribution in [0.3, 0.4) is 0 Å². The summed E-state index contributed by atoms with van der Waals surface area (Å²) in [5, 5.41) is 0. The van der Waals surface area contributed by atoms with Crippen molar-refractivity contribution in [1.82, 2.24) is 4.90 Å². The molecule has 0 aromatic heterocycles. The van der Waals surface area contributed by atoms with Crippen molar-refractivity contribution in [2.45, 2.75) is 70.8 Å². The molecule has 24 heavy (non-hydrogen) atoms. The Balaban J connectivity index is 1.91. The second kappa shape index (κ2) is 7.47. The van der Waals surface area contributed by atoms with Crippen molar-refractivity contribution in [2.24, 2.45) is 11.8 Å². The van der Waals surface area contributed by atoms with Gasteiger partial charge < -0.3 is 4.74 Å². The summed E-state index contributed by atoms with van der Waals surface area (Å²) < 4.78 is 5.53. The van der Waals surface area contributed by atoms with Gasteiger partial charge in [0.25, 0.3) is 0 Å². The number of hydrogen-bond donors (Lipinski definition) is 0. The molecule has 2 aliphatic rings. The van der Waals surface area contributed by atoms with Crippen LogP contribution in [0, 0.1) is 11.8 Å². The lowest BCUT2D eigenvalue weighted by Gasteiger charge is -2.52. The molecule has 1 aliphatic carbocycles. The molecule has 134 valence electrons. The van der Waals surface area contributed by atoms with Gasteiger partial charge in [0.15, 0.2) is 0 Å². The van der Waals surface area contributed by atoms with Gasteiger partial charge in [0, 0.05) is 24.5 Å². The van der Waals surface area contributed by atoms with Crippen molar-refractivity contribution in [3.8, 4) is 5.75 Å². The van der Waals surface area contributed by atoms with E-state index in [0.717, 1.165) is 23.6 Å². The van der Waals surface area contributed by atoms with Crippen molar-refractivity contribution < 1.29 is 4.74 Å². The third-order valence-electron chi connectivity index (χ3n) is 6.78. The van der Waals surface area contributed by atoms with E-state index in [1.165, 1.54) is 57.2 Å². The molecule has 3 unspecified atom stereocenters. The maximum Gasteiger partial charge on any atom is 0.119 e. The van der Waals surface area contributed by atoms with Crippen LogP contribution in [-0.2, 0) is 5.41 Å². The molecule has 2 heteroatoms. The second-order valence-electron chi connectivity index (χ2n) is 8.01. The third kappa shape index (κ3) is 3.35. The Kier molecular flexibility index (Phi) is 5.54. The molecule has 1 aliphatic heterocycles. The summed E-state index contributed by atoms with van der Waals surface area (Å²) in [6.45, 7) is 9.77. The Morgan fingerprint density at radius 2 is 1.96 bits per heavy atom. The molecule has 0 bridgehead atoms. The van der Waals surface area contributed by atoms with E-state index in [-0.39, 0.29) is 0 Å². The Bertz CT molecular complexity index is 539. The van der Waals surface area contributed by atoms with Crippen LogP contribution in [0.1, 0.15) is 64.9 Å². The Morgan fingerprint density at radius 3 is 2.54 bits per heavy atom. The number of benzene rings is 1. The van der Waals surface area contributed by atoms with Crippen LogP contribution in [0.25, 0.3) is 0 Å². The number of methoxy groups -OCH3 is 1. The van der Waals surface area contributed by atoms with Gasteiger partial charge in [0.2, 0.25) is 0 Å². The van der Waals surface area contributed by atoms with E-state index in [4.69, 9.17) is 4.74 Å². The molecule has 0 N–H and O–H groups in total. The first kappa shape index (κ1) is 17.8. The van der Waals surface area contributed by atoms with Crippen LogP contribution in [0.2, 0.25) is 0 Å². The minimum Gasteiger partial charge on any atom is -0.497 e. The molecule has 3 atom stereocenters. The van der Waals surface area contributed by atoms with E-state index in [9.17, 15) is 0 Å². The Labute approximate surface area is 148 Å². The summed E-state index contributed by atoms with van der Waals surface area (Å²) in [6.07, 6.45) is 7.99. The van der Waals surface area contributed by atoms with Gasteiger partial charge in [-0.15, -0.1) is 0 Å². The van der Waals surface area contributed by atoms with Crippen LogP contribution in [0.4, 0.5) is 0 Å². The summed E-state index contributed by atoms with van der Waals surface area (Å²) in [7, 11) is 1.78. The molecule has 3 rings (SSSR count). The molecular weight excluding hydrogens is 294 g/mol. The zero-order valence-corrected chi connectivity index (χ0v) is 16.1. The maximum atomic E-state index is 5.53. The van der Waals surface area contributed by atoms with E-state index in [1.54, 1.807) is 7.11 Å². The number of rotatable bonds is 7. The molecular formula is C22H35NO. The van der Waals surface area contributed by atoms with E-state index in [1.807, 2.05) is 0 Å². The monoisotopic (exact) mass is 329 g/mol. The van der Waals surface area contributed by atoms with Crippen LogP contribution in [-0.4, -0.2) is 31.1 Å². The second-order valence-corrected chi connectivity index (χ2v) is 8.01. The van der Waals surface area contributed by atoms with Crippen molar-refractivity contribution >= 4 is 0 Å². The lowest BCUT2D eigenvalue weighted by molar-refractivity contribution is 0.0288. The molecule has 1 saturated carbocycles. The summed E-state index contributed by atoms with van der Waals surface area (Å²) in [5.41, 5.74) is 1.81. The fourth-order valence-electron chi connectivity index (χ4n) is 5.02. The highest BCUT2D eigenvalue weighted by molar-refractivity contribution is 5.35. The number of hydrogen-bond acceptors (Lipinski definition) is 2. The van der Waals surface area contributed by atoms with Gasteiger partial charge >= 0.3 is 0 Å². The normalized spacial score (nSPS) is 31.2. The predicted molar refractivity (Wildman–Crippen MR) is 102 cm³/mol. The first-order valence-corrected chi connectivity index (χ1v) is 10.0. The van der Waals surface area contributed by atoms with Crippen molar-refractivity contribution in [3.05, 3.63) is 29.8 Å². The van der Waals surface area contributed by atoms with Crippen LogP contribution < -0.4 is 4.74 Å². The highest BCUT2D eigenvalue weighted by Crippen LogP contribution is 2.48. The first-order valence-electron chi connectivity index (χ1n) is 10.0. The minimum absolute atomic E-state index is 0.310. The Hall–Kier alpha value is -1.02. The maximum absolute atomic E-state index is 5.53. The minimum atomic E-state index is 0.310. The zero-order chi connectivity index (χ0) is 17.2. The lowest BCUT2D eigenvalue weighted by Crippen LogP contribution is -2.54. The first-order chi connectivity index (χ1) is 11.7. The highest BCUT2D eigenvalue weighted by Gasteiger charge is 2.46. The standard InChI is InChI=1S/C22H35NO/c1-5-18-16-23(15-17-11-12-17)20(6-2)14-22(18,7-3)19-9-8-10-21(13-19)24-4/h8-10,13,17-18,20H,5-7,11-12,14-16H2,1-4H3.